The van der Waals surface area contributed by atoms with Crippen LogP contribution >= 0.6 is 0 Å². The lowest BCUT2D eigenvalue weighted by atomic mass is 9.42. The maximum absolute atomic E-state index is 12.8. The molecule has 1 amide bonds. The normalized spacial score (nSPS) is 28.4. The van der Waals surface area contributed by atoms with Gasteiger partial charge in [0.15, 0.2) is 0 Å². The Kier molecular flexibility index (Phi) is 5.81. The van der Waals surface area contributed by atoms with Crippen LogP contribution < -0.4 is 5.32 Å². The highest BCUT2D eigenvalue weighted by Crippen LogP contribution is 2.66. The predicted octanol–water partition coefficient (Wildman–Crippen LogP) is 5.98. The summed E-state index contributed by atoms with van der Waals surface area (Å²) in [7, 11) is -0.542. The molecule has 0 heterocycles. The molecule has 3 aromatic rings. The fraction of sp³-hybridized carbons (Fsp3) is 0.387. The van der Waals surface area contributed by atoms with E-state index in [-0.39, 0.29) is 16.2 Å². The van der Waals surface area contributed by atoms with Gasteiger partial charge in [-0.15, -0.1) is 0 Å². The number of carbonyl (C=O) groups excluding carboxylic acids is 1. The van der Waals surface area contributed by atoms with Crippen LogP contribution in [0.5, 0.6) is 0 Å². The lowest BCUT2D eigenvalue weighted by Crippen LogP contribution is -2.55. The first kappa shape index (κ1) is 24.4. The van der Waals surface area contributed by atoms with Crippen molar-refractivity contribution in [2.75, 3.05) is 19.4 Å². The van der Waals surface area contributed by atoms with Gasteiger partial charge in [-0.3, -0.25) is 4.79 Å². The Bertz CT molecular complexity index is 1400. The molecule has 37 heavy (non-hydrogen) atoms. The zero-order chi connectivity index (χ0) is 25.8. The first-order valence-corrected chi connectivity index (χ1v) is 14.6. The quantitative estimate of drug-likeness (QED) is 0.440. The molecule has 5 nitrogen and oxygen atoms in total. The molecule has 192 valence electrons. The molecule has 4 fully saturated rings. The van der Waals surface area contributed by atoms with Gasteiger partial charge >= 0.3 is 0 Å². The second-order valence-electron chi connectivity index (χ2n) is 11.7. The minimum Gasteiger partial charge on any atom is -0.322 e. The molecule has 6 heteroatoms. The molecular formula is C31H34N2O3S. The van der Waals surface area contributed by atoms with E-state index in [1.54, 1.807) is 12.1 Å². The Balaban J connectivity index is 1.20. The van der Waals surface area contributed by atoms with Gasteiger partial charge in [0.25, 0.3) is 5.91 Å². The summed E-state index contributed by atoms with van der Waals surface area (Å²) in [6, 6.07) is 25.7. The molecule has 0 spiro atoms. The Morgan fingerprint density at radius 2 is 1.32 bits per heavy atom. The van der Waals surface area contributed by atoms with Crippen LogP contribution in [0, 0.1) is 11.8 Å². The average Bonchev–Trinajstić information content (AvgIpc) is 2.89. The number of benzene rings is 3. The van der Waals surface area contributed by atoms with Crippen LogP contribution in [0.4, 0.5) is 5.69 Å². The van der Waals surface area contributed by atoms with Crippen LogP contribution in [0.3, 0.4) is 0 Å². The Hall–Kier alpha value is -2.96. The molecule has 2 atom stereocenters. The number of amides is 1. The fourth-order valence-corrected chi connectivity index (χ4v) is 8.73. The number of anilines is 1. The van der Waals surface area contributed by atoms with E-state index in [1.807, 2.05) is 12.1 Å². The number of nitrogens with zero attached hydrogens (tertiary/aromatic N) is 1. The van der Waals surface area contributed by atoms with Gasteiger partial charge in [-0.1, -0.05) is 42.5 Å². The molecule has 3 aromatic carbocycles. The fourth-order valence-electron chi connectivity index (χ4n) is 7.83. The van der Waals surface area contributed by atoms with Gasteiger partial charge in [-0.25, -0.2) is 12.7 Å². The van der Waals surface area contributed by atoms with Crippen molar-refractivity contribution in [2.24, 2.45) is 11.8 Å². The van der Waals surface area contributed by atoms with E-state index in [0.29, 0.717) is 11.0 Å². The Morgan fingerprint density at radius 1 is 0.784 bits per heavy atom. The molecule has 0 saturated heterocycles. The van der Waals surface area contributed by atoms with Crippen molar-refractivity contribution >= 4 is 21.6 Å². The van der Waals surface area contributed by atoms with Gasteiger partial charge in [-0.05, 0) is 109 Å². The first-order valence-electron chi connectivity index (χ1n) is 13.2. The molecule has 0 aromatic heterocycles. The van der Waals surface area contributed by atoms with Crippen LogP contribution in [0.25, 0.3) is 0 Å². The second kappa shape index (κ2) is 8.81. The van der Waals surface area contributed by atoms with Gasteiger partial charge < -0.3 is 5.32 Å². The minimum absolute atomic E-state index is 0.169. The molecular weight excluding hydrogens is 480 g/mol. The number of carbonyl (C=O) groups is 1. The molecule has 7 rings (SSSR count). The van der Waals surface area contributed by atoms with Crippen molar-refractivity contribution in [3.63, 3.8) is 0 Å². The van der Waals surface area contributed by atoms with Gasteiger partial charge in [0.2, 0.25) is 10.0 Å². The highest BCUT2D eigenvalue weighted by molar-refractivity contribution is 7.89. The summed E-state index contributed by atoms with van der Waals surface area (Å²) in [6.45, 7) is 0. The summed E-state index contributed by atoms with van der Waals surface area (Å²) in [5.41, 5.74) is 4.61. The largest absolute Gasteiger partial charge is 0.322 e. The zero-order valence-electron chi connectivity index (χ0n) is 21.5. The maximum Gasteiger partial charge on any atom is 0.255 e. The van der Waals surface area contributed by atoms with E-state index < -0.39 is 10.0 Å². The summed E-state index contributed by atoms with van der Waals surface area (Å²) in [5.74, 6) is 1.33. The van der Waals surface area contributed by atoms with Crippen LogP contribution in [0.1, 0.15) is 60.0 Å². The van der Waals surface area contributed by atoms with Crippen molar-refractivity contribution in [3.05, 3.63) is 95.6 Å². The zero-order valence-corrected chi connectivity index (χ0v) is 22.3. The third-order valence-corrected chi connectivity index (χ3v) is 10.9. The van der Waals surface area contributed by atoms with Gasteiger partial charge in [-0.2, -0.15) is 0 Å². The number of sulfonamides is 1. The van der Waals surface area contributed by atoms with Crippen molar-refractivity contribution in [1.29, 1.82) is 0 Å². The lowest BCUT2D eigenvalue weighted by Gasteiger charge is -2.62. The summed E-state index contributed by atoms with van der Waals surface area (Å²) >= 11 is 0. The molecule has 0 unspecified atom stereocenters. The van der Waals surface area contributed by atoms with Crippen LogP contribution in [0.2, 0.25) is 0 Å². The first-order chi connectivity index (χ1) is 17.7. The predicted molar refractivity (Wildman–Crippen MR) is 146 cm³/mol. The van der Waals surface area contributed by atoms with E-state index in [2.05, 4.69) is 47.8 Å². The third-order valence-electron chi connectivity index (χ3n) is 9.10. The Labute approximate surface area is 220 Å². The molecule has 4 saturated carbocycles. The van der Waals surface area contributed by atoms with E-state index in [9.17, 15) is 13.2 Å². The number of rotatable bonds is 6. The summed E-state index contributed by atoms with van der Waals surface area (Å²) in [5, 5.41) is 2.97. The molecule has 0 radical (unpaired) electrons. The monoisotopic (exact) mass is 514 g/mol. The van der Waals surface area contributed by atoms with Crippen LogP contribution in [-0.2, 0) is 20.9 Å². The molecule has 1 N–H and O–H groups in total. The van der Waals surface area contributed by atoms with Gasteiger partial charge in [0.05, 0.1) is 4.90 Å². The highest BCUT2D eigenvalue weighted by Gasteiger charge is 2.58. The smallest absolute Gasteiger partial charge is 0.255 e. The van der Waals surface area contributed by atoms with Crippen molar-refractivity contribution in [1.82, 2.24) is 4.31 Å². The molecule has 4 aliphatic rings. The van der Waals surface area contributed by atoms with Crippen molar-refractivity contribution in [3.8, 4) is 0 Å². The van der Waals surface area contributed by atoms with E-state index in [1.165, 1.54) is 75.9 Å². The van der Waals surface area contributed by atoms with Crippen molar-refractivity contribution < 1.29 is 13.2 Å². The minimum atomic E-state index is -3.52. The summed E-state index contributed by atoms with van der Waals surface area (Å²) in [6.07, 6.45) is 7.76. The standard InChI is InChI=1S/C31H34N2O3S/c1-33(2)37(35,36)28-14-8-24(9-15-28)29(34)32-27-12-10-26(11-13-27)31-19-22-16-23(20-31)18-30(17-22,21-31)25-6-4-3-5-7-25/h3-15,22-23H,16-21H2,1-2H3,(H,32,34)/t22-,23-,30?,31?/m0/s1. The molecule has 0 aliphatic heterocycles. The van der Waals surface area contributed by atoms with Crippen molar-refractivity contribution in [2.45, 2.75) is 54.3 Å². The van der Waals surface area contributed by atoms with Gasteiger partial charge in [0.1, 0.15) is 0 Å². The number of hydrogen-bond acceptors (Lipinski definition) is 3. The SMILES string of the molecule is CN(C)S(=O)(=O)c1ccc(C(=O)Nc2ccc(C34C[C@H]5C[C@@H](CC(c6ccccc6)(C5)C3)C4)cc2)cc1. The van der Waals surface area contributed by atoms with E-state index >= 15 is 0 Å². The van der Waals surface area contributed by atoms with E-state index in [4.69, 9.17) is 0 Å². The maximum atomic E-state index is 12.8. The number of hydrogen-bond donors (Lipinski definition) is 1. The van der Waals surface area contributed by atoms with E-state index in [0.717, 1.165) is 21.8 Å². The Morgan fingerprint density at radius 3 is 1.86 bits per heavy atom. The second-order valence-corrected chi connectivity index (χ2v) is 13.9. The topological polar surface area (TPSA) is 66.5 Å². The van der Waals surface area contributed by atoms with Crippen LogP contribution in [-0.4, -0.2) is 32.7 Å². The molecule has 4 bridgehead atoms. The summed E-state index contributed by atoms with van der Waals surface area (Å²) in [4.78, 5) is 13.0. The van der Waals surface area contributed by atoms with Crippen LogP contribution in [0.15, 0.2) is 83.8 Å². The van der Waals surface area contributed by atoms with Gasteiger partial charge in [0, 0.05) is 25.3 Å². The average molecular weight is 515 g/mol. The lowest BCUT2D eigenvalue weighted by molar-refractivity contribution is -0.0281. The highest BCUT2D eigenvalue weighted by atomic mass is 32.2. The molecule has 4 aliphatic carbocycles. The summed E-state index contributed by atoms with van der Waals surface area (Å²) < 4.78 is 25.7. The number of nitrogens with one attached hydrogen (secondary N) is 1. The third kappa shape index (κ3) is 4.20.